The van der Waals surface area contributed by atoms with Crippen molar-refractivity contribution >= 4 is 11.9 Å². The molecule has 0 radical (unpaired) electrons. The number of halogens is 5. The number of carboxylic acid groups (broad SMARTS) is 1. The first kappa shape index (κ1) is 36.4. The Bertz CT molecular complexity index is 1640. The molecule has 0 saturated carbocycles. The number of nitrogens with zero attached hydrogens (tertiary/aromatic N) is 2. The Morgan fingerprint density at radius 1 is 0.978 bits per heavy atom. The Hall–Kier alpha value is -4.06. The quantitative estimate of drug-likeness (QED) is 0.212. The van der Waals surface area contributed by atoms with Crippen LogP contribution < -0.4 is 10.9 Å². The molecular weight excluding hydrogens is 609 g/mol. The average molecular weight is 650 g/mol. The number of alkyl halides is 3. The van der Waals surface area contributed by atoms with Crippen molar-refractivity contribution in [1.29, 1.82) is 0 Å². The van der Waals surface area contributed by atoms with Crippen LogP contribution in [0.4, 0.5) is 22.0 Å². The molecule has 46 heavy (non-hydrogen) atoms. The Balaban J connectivity index is 2.15. The fourth-order valence-electron chi connectivity index (χ4n) is 5.68. The van der Waals surface area contributed by atoms with E-state index in [1.165, 1.54) is 25.1 Å². The molecule has 2 N–H and O–H groups in total. The van der Waals surface area contributed by atoms with Gasteiger partial charge in [0.05, 0.1) is 18.0 Å². The number of likely N-dealkylation sites (N-methyl/N-ethyl adjacent to an activating group) is 1. The summed E-state index contributed by atoms with van der Waals surface area (Å²) in [4.78, 5) is 40.7. The zero-order chi connectivity index (χ0) is 34.7. The fourth-order valence-corrected chi connectivity index (χ4v) is 5.68. The van der Waals surface area contributed by atoms with Crippen LogP contribution in [0.25, 0.3) is 11.1 Å². The van der Waals surface area contributed by atoms with Gasteiger partial charge < -0.3 is 19.9 Å². The second kappa shape index (κ2) is 14.6. The minimum absolute atomic E-state index is 0.0273. The molecule has 0 aliphatic heterocycles. The maximum atomic E-state index is 15.7. The third-order valence-electron chi connectivity index (χ3n) is 7.77. The van der Waals surface area contributed by atoms with Gasteiger partial charge in [0.15, 0.2) is 0 Å². The molecule has 0 fully saturated rings. The SMILES string of the molecule is Cc1cc(-c2c(C)cc(F)cc2C)cc([C@H](CC(=O)O)NC(=O)C(CC(C)C)n2cc(CCN(C)C)c(C(F)(F)F)cc2=O)c1F. The van der Waals surface area contributed by atoms with Crippen LogP contribution in [0.2, 0.25) is 0 Å². The Kier molecular flexibility index (Phi) is 11.5. The van der Waals surface area contributed by atoms with Crippen LogP contribution in [-0.2, 0) is 22.2 Å². The highest BCUT2D eigenvalue weighted by Crippen LogP contribution is 2.35. The molecule has 12 heteroatoms. The minimum atomic E-state index is -4.80. The van der Waals surface area contributed by atoms with Crippen LogP contribution >= 0.6 is 0 Å². The summed E-state index contributed by atoms with van der Waals surface area (Å²) in [6, 6.07) is 3.34. The standard InChI is InChI=1S/C34H40F5N3O4/c1-18(2)10-28(42-17-22(8-9-41(6)7)26(15-29(42)43)34(37,38)39)33(46)40-27(16-30(44)45)25-14-23(11-21(5)32(25)36)31-19(3)12-24(35)13-20(31)4/h11-15,17-18,27-28H,8-10,16H2,1-7H3,(H,40,46)(H,44,45)/t27-,28?/m0/s1. The molecule has 2 aromatic carbocycles. The van der Waals surface area contributed by atoms with Gasteiger partial charge in [0.2, 0.25) is 5.91 Å². The van der Waals surface area contributed by atoms with Crippen molar-refractivity contribution < 1.29 is 36.6 Å². The number of aromatic nitrogens is 1. The molecule has 0 saturated heterocycles. The number of carbonyl (C=O) groups excluding carboxylic acids is 1. The van der Waals surface area contributed by atoms with Crippen molar-refractivity contribution in [3.05, 3.63) is 91.9 Å². The summed E-state index contributed by atoms with van der Waals surface area (Å²) in [5, 5.41) is 12.3. The lowest BCUT2D eigenvalue weighted by Crippen LogP contribution is -2.41. The Morgan fingerprint density at radius 2 is 1.59 bits per heavy atom. The molecule has 1 aromatic heterocycles. The highest BCUT2D eigenvalue weighted by molar-refractivity contribution is 5.82. The molecule has 1 amide bonds. The van der Waals surface area contributed by atoms with Crippen LogP contribution in [0.1, 0.15) is 72.2 Å². The number of hydrogen-bond acceptors (Lipinski definition) is 4. The first-order valence-electron chi connectivity index (χ1n) is 14.9. The van der Waals surface area contributed by atoms with Crippen molar-refractivity contribution in [2.75, 3.05) is 20.6 Å². The number of pyridine rings is 1. The van der Waals surface area contributed by atoms with Gasteiger partial charge in [-0.25, -0.2) is 8.78 Å². The predicted octanol–water partition coefficient (Wildman–Crippen LogP) is 6.76. The second-order valence-corrected chi connectivity index (χ2v) is 12.4. The van der Waals surface area contributed by atoms with E-state index < -0.39 is 59.3 Å². The lowest BCUT2D eigenvalue weighted by Gasteiger charge is -2.27. The number of benzene rings is 2. The van der Waals surface area contributed by atoms with Crippen LogP contribution in [0.15, 0.2) is 41.3 Å². The summed E-state index contributed by atoms with van der Waals surface area (Å²) in [5.41, 5.74) is -0.0706. The number of hydrogen-bond donors (Lipinski definition) is 2. The summed E-state index contributed by atoms with van der Waals surface area (Å²) >= 11 is 0. The Labute approximate surface area is 265 Å². The van der Waals surface area contributed by atoms with E-state index in [-0.39, 0.29) is 42.0 Å². The maximum Gasteiger partial charge on any atom is 0.416 e. The van der Waals surface area contributed by atoms with Crippen molar-refractivity contribution in [3.63, 3.8) is 0 Å². The number of rotatable bonds is 12. The minimum Gasteiger partial charge on any atom is -0.481 e. The largest absolute Gasteiger partial charge is 0.481 e. The smallest absolute Gasteiger partial charge is 0.416 e. The normalized spacial score (nSPS) is 13.3. The van der Waals surface area contributed by atoms with Crippen molar-refractivity contribution in [2.45, 2.75) is 72.1 Å². The van der Waals surface area contributed by atoms with E-state index in [9.17, 15) is 37.1 Å². The van der Waals surface area contributed by atoms with Crippen molar-refractivity contribution in [1.82, 2.24) is 14.8 Å². The van der Waals surface area contributed by atoms with Crippen molar-refractivity contribution in [3.8, 4) is 11.1 Å². The molecule has 1 unspecified atom stereocenters. The van der Waals surface area contributed by atoms with Crippen LogP contribution in [0.3, 0.4) is 0 Å². The van der Waals surface area contributed by atoms with Crippen LogP contribution in [0.5, 0.6) is 0 Å². The van der Waals surface area contributed by atoms with Gasteiger partial charge in [-0.2, -0.15) is 13.2 Å². The molecule has 250 valence electrons. The van der Waals surface area contributed by atoms with Gasteiger partial charge in [0, 0.05) is 24.4 Å². The summed E-state index contributed by atoms with van der Waals surface area (Å²) in [5.74, 6) is -3.61. The average Bonchev–Trinajstić information content (AvgIpc) is 2.90. The monoisotopic (exact) mass is 649 g/mol. The first-order chi connectivity index (χ1) is 21.3. The van der Waals surface area contributed by atoms with Gasteiger partial charge in [0.25, 0.3) is 5.56 Å². The second-order valence-electron chi connectivity index (χ2n) is 12.4. The zero-order valence-electron chi connectivity index (χ0n) is 27.0. The van der Waals surface area contributed by atoms with Gasteiger partial charge in [-0.3, -0.25) is 14.4 Å². The highest BCUT2D eigenvalue weighted by atomic mass is 19.4. The summed E-state index contributed by atoms with van der Waals surface area (Å²) in [6.07, 6.45) is -4.51. The summed E-state index contributed by atoms with van der Waals surface area (Å²) < 4.78 is 72.3. The molecule has 0 spiro atoms. The zero-order valence-corrected chi connectivity index (χ0v) is 27.0. The lowest BCUT2D eigenvalue weighted by atomic mass is 9.90. The molecular formula is C34H40F5N3O4. The number of aliphatic carboxylic acids is 1. The molecule has 1 heterocycles. The van der Waals surface area contributed by atoms with Crippen molar-refractivity contribution in [2.24, 2.45) is 5.92 Å². The number of nitrogens with one attached hydrogen (secondary N) is 1. The van der Waals surface area contributed by atoms with E-state index in [0.29, 0.717) is 28.3 Å². The lowest BCUT2D eigenvalue weighted by molar-refractivity contribution is -0.139. The van der Waals surface area contributed by atoms with Crippen LogP contribution in [-0.4, -0.2) is 47.1 Å². The van der Waals surface area contributed by atoms with E-state index in [2.05, 4.69) is 5.32 Å². The van der Waals surface area contributed by atoms with Gasteiger partial charge in [-0.05, 0) is 111 Å². The molecule has 0 aliphatic rings. The molecule has 0 bridgehead atoms. The Morgan fingerprint density at radius 3 is 2.11 bits per heavy atom. The number of carbonyl (C=O) groups is 2. The van der Waals surface area contributed by atoms with Gasteiger partial charge in [0.1, 0.15) is 17.7 Å². The molecule has 3 rings (SSSR count). The van der Waals surface area contributed by atoms with Gasteiger partial charge in [-0.15, -0.1) is 0 Å². The molecule has 7 nitrogen and oxygen atoms in total. The summed E-state index contributed by atoms with van der Waals surface area (Å²) in [7, 11) is 3.38. The summed E-state index contributed by atoms with van der Waals surface area (Å²) in [6.45, 7) is 8.62. The fraction of sp³-hybridized carbons (Fsp3) is 0.441. The number of carboxylic acids is 1. The third kappa shape index (κ3) is 8.80. The molecule has 2 atom stereocenters. The van der Waals surface area contributed by atoms with Gasteiger partial charge in [-0.1, -0.05) is 13.8 Å². The van der Waals surface area contributed by atoms with E-state index in [1.54, 1.807) is 52.8 Å². The van der Waals surface area contributed by atoms with E-state index in [1.807, 2.05) is 0 Å². The maximum absolute atomic E-state index is 15.7. The highest BCUT2D eigenvalue weighted by Gasteiger charge is 2.36. The van der Waals surface area contributed by atoms with E-state index >= 15 is 4.39 Å². The first-order valence-corrected chi connectivity index (χ1v) is 14.9. The van der Waals surface area contributed by atoms with Crippen LogP contribution in [0, 0.1) is 38.3 Å². The number of amides is 1. The van der Waals surface area contributed by atoms with E-state index in [0.717, 1.165) is 10.8 Å². The number of aryl methyl sites for hydroxylation is 3. The third-order valence-corrected chi connectivity index (χ3v) is 7.77. The topological polar surface area (TPSA) is 91.6 Å². The molecule has 3 aromatic rings. The van der Waals surface area contributed by atoms with Gasteiger partial charge >= 0.3 is 12.1 Å². The predicted molar refractivity (Wildman–Crippen MR) is 166 cm³/mol. The molecule has 0 aliphatic carbocycles. The van der Waals surface area contributed by atoms with E-state index in [4.69, 9.17) is 0 Å².